The summed E-state index contributed by atoms with van der Waals surface area (Å²) in [6.45, 7) is 5.29. The van der Waals surface area contributed by atoms with E-state index in [0.717, 1.165) is 6.42 Å². The van der Waals surface area contributed by atoms with Gasteiger partial charge in [-0.3, -0.25) is 4.68 Å². The lowest BCUT2D eigenvalue weighted by molar-refractivity contribution is 0.244. The number of rotatable bonds is 1. The largest absolute Gasteiger partial charge is 0.330 e. The van der Waals surface area contributed by atoms with E-state index in [1.807, 2.05) is 11.7 Å². The summed E-state index contributed by atoms with van der Waals surface area (Å²) in [4.78, 5) is 0. The minimum atomic E-state index is 0.302. The van der Waals surface area contributed by atoms with Gasteiger partial charge < -0.3 is 5.73 Å². The van der Waals surface area contributed by atoms with Crippen molar-refractivity contribution in [1.29, 1.82) is 0 Å². The summed E-state index contributed by atoms with van der Waals surface area (Å²) in [6, 6.07) is 0. The fourth-order valence-electron chi connectivity index (χ4n) is 2.47. The topological polar surface area (TPSA) is 43.8 Å². The van der Waals surface area contributed by atoms with Crippen molar-refractivity contribution in [2.45, 2.75) is 32.6 Å². The third kappa shape index (κ3) is 1.36. The van der Waals surface area contributed by atoms with Crippen LogP contribution in [-0.4, -0.2) is 16.3 Å². The molecule has 0 fully saturated rings. The Labute approximate surface area is 85.3 Å². The molecule has 0 bridgehead atoms. The van der Waals surface area contributed by atoms with Crippen molar-refractivity contribution in [1.82, 2.24) is 9.78 Å². The van der Waals surface area contributed by atoms with Crippen LogP contribution in [0.15, 0.2) is 6.20 Å². The number of hydrogen-bond donors (Lipinski definition) is 1. The van der Waals surface area contributed by atoms with Crippen LogP contribution >= 0.6 is 0 Å². The summed E-state index contributed by atoms with van der Waals surface area (Å²) >= 11 is 0. The van der Waals surface area contributed by atoms with E-state index < -0.39 is 0 Å². The van der Waals surface area contributed by atoms with E-state index >= 15 is 0 Å². The lowest BCUT2D eigenvalue weighted by Gasteiger charge is -2.36. The van der Waals surface area contributed by atoms with Crippen LogP contribution in [0, 0.1) is 5.41 Å². The molecule has 3 nitrogen and oxygen atoms in total. The van der Waals surface area contributed by atoms with Crippen LogP contribution in [0.25, 0.3) is 0 Å². The highest BCUT2D eigenvalue weighted by Crippen LogP contribution is 2.43. The average Bonchev–Trinajstić information content (AvgIpc) is 2.44. The Kier molecular flexibility index (Phi) is 2.14. The Morgan fingerprint density at radius 3 is 3.00 bits per heavy atom. The quantitative estimate of drug-likeness (QED) is 0.733. The van der Waals surface area contributed by atoms with Crippen molar-refractivity contribution in [2.75, 3.05) is 6.54 Å². The predicted octanol–water partition coefficient (Wildman–Crippen LogP) is 1.43. The van der Waals surface area contributed by atoms with Gasteiger partial charge in [0.05, 0.1) is 5.69 Å². The van der Waals surface area contributed by atoms with E-state index in [0.29, 0.717) is 17.9 Å². The van der Waals surface area contributed by atoms with Gasteiger partial charge in [-0.2, -0.15) is 5.10 Å². The Morgan fingerprint density at radius 2 is 2.36 bits per heavy atom. The molecule has 3 heteroatoms. The third-order valence-electron chi connectivity index (χ3n) is 3.48. The smallest absolute Gasteiger partial charge is 0.0705 e. The molecule has 1 aromatic rings. The first-order chi connectivity index (χ1) is 6.54. The molecule has 0 radical (unpaired) electrons. The van der Waals surface area contributed by atoms with Gasteiger partial charge in [0.15, 0.2) is 0 Å². The minimum Gasteiger partial charge on any atom is -0.330 e. The van der Waals surface area contributed by atoms with Crippen molar-refractivity contribution < 1.29 is 0 Å². The van der Waals surface area contributed by atoms with Crippen molar-refractivity contribution >= 4 is 0 Å². The fourth-order valence-corrected chi connectivity index (χ4v) is 2.47. The summed E-state index contributed by atoms with van der Waals surface area (Å²) in [7, 11) is 1.99. The van der Waals surface area contributed by atoms with E-state index in [4.69, 9.17) is 5.73 Å². The van der Waals surface area contributed by atoms with Gasteiger partial charge in [-0.25, -0.2) is 0 Å². The third-order valence-corrected chi connectivity index (χ3v) is 3.48. The molecular weight excluding hydrogens is 174 g/mol. The molecule has 0 aliphatic heterocycles. The van der Waals surface area contributed by atoms with E-state index in [1.54, 1.807) is 0 Å². The van der Waals surface area contributed by atoms with Crippen molar-refractivity contribution in [3.63, 3.8) is 0 Å². The minimum absolute atomic E-state index is 0.302. The highest BCUT2D eigenvalue weighted by molar-refractivity contribution is 5.27. The average molecular weight is 193 g/mol. The molecule has 0 spiro atoms. The Bertz CT molecular complexity index is 338. The van der Waals surface area contributed by atoms with E-state index in [9.17, 15) is 0 Å². The molecule has 0 saturated heterocycles. The highest BCUT2D eigenvalue weighted by atomic mass is 15.3. The van der Waals surface area contributed by atoms with Gasteiger partial charge in [0, 0.05) is 25.7 Å². The molecule has 1 aliphatic carbocycles. The number of aromatic nitrogens is 2. The summed E-state index contributed by atoms with van der Waals surface area (Å²) in [5.74, 6) is 0.424. The second-order valence-electron chi connectivity index (χ2n) is 4.99. The molecule has 1 aliphatic rings. The first-order valence-corrected chi connectivity index (χ1v) is 5.27. The molecule has 1 aromatic heterocycles. The molecule has 0 saturated carbocycles. The monoisotopic (exact) mass is 193 g/mol. The maximum absolute atomic E-state index is 5.85. The molecule has 0 aromatic carbocycles. The van der Waals surface area contributed by atoms with E-state index in [-0.39, 0.29) is 0 Å². The second kappa shape index (κ2) is 3.09. The number of nitrogens with zero attached hydrogens (tertiary/aromatic N) is 2. The van der Waals surface area contributed by atoms with Crippen LogP contribution in [0.1, 0.15) is 37.4 Å². The van der Waals surface area contributed by atoms with E-state index in [1.165, 1.54) is 17.7 Å². The van der Waals surface area contributed by atoms with Crippen molar-refractivity contribution in [3.8, 4) is 0 Å². The second-order valence-corrected chi connectivity index (χ2v) is 4.99. The van der Waals surface area contributed by atoms with Gasteiger partial charge >= 0.3 is 0 Å². The summed E-state index contributed by atoms with van der Waals surface area (Å²) < 4.78 is 1.91. The SMILES string of the molecule is Cn1cc2c(n1)C(CN)C(C)(C)CC2. The maximum atomic E-state index is 5.85. The Hall–Kier alpha value is -0.830. The van der Waals surface area contributed by atoms with Gasteiger partial charge in [-0.05, 0) is 23.8 Å². The molecule has 0 amide bonds. The molecular formula is C11H19N3. The maximum Gasteiger partial charge on any atom is 0.0705 e. The molecule has 1 unspecified atom stereocenters. The van der Waals surface area contributed by atoms with Crippen LogP contribution in [0.5, 0.6) is 0 Å². The first kappa shape index (κ1) is 9.71. The van der Waals surface area contributed by atoms with Crippen LogP contribution < -0.4 is 5.73 Å². The fraction of sp³-hybridized carbons (Fsp3) is 0.727. The number of aryl methyl sites for hydroxylation is 2. The lowest BCUT2D eigenvalue weighted by Crippen LogP contribution is -2.33. The molecule has 78 valence electrons. The van der Waals surface area contributed by atoms with Crippen LogP contribution in [-0.2, 0) is 13.5 Å². The zero-order chi connectivity index (χ0) is 10.3. The molecule has 1 atom stereocenters. The van der Waals surface area contributed by atoms with Crippen LogP contribution in [0.2, 0.25) is 0 Å². The summed E-state index contributed by atoms with van der Waals surface area (Å²) in [5, 5.41) is 4.54. The normalized spacial score (nSPS) is 24.7. The molecule has 2 rings (SSSR count). The predicted molar refractivity (Wildman–Crippen MR) is 57.1 cm³/mol. The standard InChI is InChI=1S/C11H19N3/c1-11(2)5-4-8-7-14(3)13-10(8)9(11)6-12/h7,9H,4-6,12H2,1-3H3. The van der Waals surface area contributed by atoms with Gasteiger partial charge in [-0.1, -0.05) is 13.8 Å². The summed E-state index contributed by atoms with van der Waals surface area (Å²) in [6.07, 6.45) is 4.49. The van der Waals surface area contributed by atoms with Crippen LogP contribution in [0.3, 0.4) is 0 Å². The van der Waals surface area contributed by atoms with Gasteiger partial charge in [0.25, 0.3) is 0 Å². The molecule has 1 heterocycles. The molecule has 14 heavy (non-hydrogen) atoms. The van der Waals surface area contributed by atoms with Crippen molar-refractivity contribution in [2.24, 2.45) is 18.2 Å². The number of nitrogens with two attached hydrogens (primary N) is 1. The molecule has 2 N–H and O–H groups in total. The van der Waals surface area contributed by atoms with Gasteiger partial charge in [0.1, 0.15) is 0 Å². The zero-order valence-corrected chi connectivity index (χ0v) is 9.25. The lowest BCUT2D eigenvalue weighted by atomic mass is 9.68. The Balaban J connectivity index is 2.44. The number of fused-ring (bicyclic) bond motifs is 1. The van der Waals surface area contributed by atoms with Crippen molar-refractivity contribution in [3.05, 3.63) is 17.5 Å². The van der Waals surface area contributed by atoms with E-state index in [2.05, 4.69) is 25.1 Å². The zero-order valence-electron chi connectivity index (χ0n) is 9.25. The van der Waals surface area contributed by atoms with Gasteiger partial charge in [0.2, 0.25) is 0 Å². The Morgan fingerprint density at radius 1 is 1.64 bits per heavy atom. The highest BCUT2D eigenvalue weighted by Gasteiger charge is 2.36. The van der Waals surface area contributed by atoms with Crippen LogP contribution in [0.4, 0.5) is 0 Å². The number of hydrogen-bond acceptors (Lipinski definition) is 2. The van der Waals surface area contributed by atoms with Gasteiger partial charge in [-0.15, -0.1) is 0 Å². The summed E-state index contributed by atoms with van der Waals surface area (Å²) in [5.41, 5.74) is 8.77. The first-order valence-electron chi connectivity index (χ1n) is 5.27.